The first kappa shape index (κ1) is 19.6. The fourth-order valence-corrected chi connectivity index (χ4v) is 4.40. The van der Waals surface area contributed by atoms with Gasteiger partial charge in [-0.25, -0.2) is 12.8 Å². The lowest BCUT2D eigenvalue weighted by molar-refractivity contribution is -0.138. The van der Waals surface area contributed by atoms with Gasteiger partial charge in [-0.2, -0.15) is 24.5 Å². The minimum atomic E-state index is -4.47. The molecule has 142 valence electrons. The van der Waals surface area contributed by atoms with Crippen molar-refractivity contribution in [2.45, 2.75) is 18.0 Å². The summed E-state index contributed by atoms with van der Waals surface area (Å²) in [7, 11) is -3.71. The Hall–Kier alpha value is -2.19. The summed E-state index contributed by atoms with van der Waals surface area (Å²) >= 11 is 1.27. The molecule has 0 bridgehead atoms. The van der Waals surface area contributed by atoms with Crippen LogP contribution in [-0.4, -0.2) is 14.7 Å². The lowest BCUT2D eigenvalue weighted by atomic mass is 9.96. The van der Waals surface area contributed by atoms with E-state index in [0.29, 0.717) is 22.3 Å². The molecule has 0 N–H and O–H groups in total. The van der Waals surface area contributed by atoms with Gasteiger partial charge in [-0.1, -0.05) is 18.2 Å². The maximum absolute atomic E-state index is 14.2. The van der Waals surface area contributed by atoms with Crippen LogP contribution in [0.1, 0.15) is 11.1 Å². The van der Waals surface area contributed by atoms with E-state index in [1.165, 1.54) is 30.4 Å². The number of aryl methyl sites for hydroxylation is 1. The van der Waals surface area contributed by atoms with E-state index < -0.39 is 32.3 Å². The summed E-state index contributed by atoms with van der Waals surface area (Å²) < 4.78 is 76.9. The van der Waals surface area contributed by atoms with Gasteiger partial charge in [0.05, 0.1) is 5.56 Å². The summed E-state index contributed by atoms with van der Waals surface area (Å²) in [6, 6.07) is 7.74. The summed E-state index contributed by atoms with van der Waals surface area (Å²) in [5, 5.41) is 3.37. The molecule has 0 unspecified atom stereocenters. The van der Waals surface area contributed by atoms with Crippen molar-refractivity contribution in [3.63, 3.8) is 0 Å². The van der Waals surface area contributed by atoms with Crippen molar-refractivity contribution in [1.29, 1.82) is 0 Å². The van der Waals surface area contributed by atoms with Crippen LogP contribution in [0.2, 0.25) is 0 Å². The molecule has 0 saturated carbocycles. The summed E-state index contributed by atoms with van der Waals surface area (Å²) in [6.45, 7) is 1.39. The number of thiophene rings is 1. The first-order valence-electron chi connectivity index (χ1n) is 7.73. The van der Waals surface area contributed by atoms with Crippen LogP contribution in [0.4, 0.5) is 17.6 Å². The molecule has 2 nitrogen and oxygen atoms in total. The van der Waals surface area contributed by atoms with Crippen LogP contribution >= 0.6 is 11.3 Å². The van der Waals surface area contributed by atoms with Crippen molar-refractivity contribution in [1.82, 2.24) is 0 Å². The van der Waals surface area contributed by atoms with Crippen LogP contribution in [0.5, 0.6) is 0 Å². The van der Waals surface area contributed by atoms with E-state index in [0.717, 1.165) is 24.5 Å². The molecule has 27 heavy (non-hydrogen) atoms. The lowest BCUT2D eigenvalue weighted by Gasteiger charge is -2.13. The maximum Gasteiger partial charge on any atom is 0.416 e. The van der Waals surface area contributed by atoms with Gasteiger partial charge in [0.15, 0.2) is 9.84 Å². The van der Waals surface area contributed by atoms with Gasteiger partial charge in [0, 0.05) is 17.4 Å². The number of hydrogen-bond acceptors (Lipinski definition) is 3. The first-order valence-corrected chi connectivity index (χ1v) is 10.6. The van der Waals surface area contributed by atoms with Crippen LogP contribution < -0.4 is 0 Å². The second-order valence-electron chi connectivity index (χ2n) is 6.14. The van der Waals surface area contributed by atoms with Crippen LogP contribution in [-0.2, 0) is 16.0 Å². The Balaban J connectivity index is 2.12. The van der Waals surface area contributed by atoms with Crippen LogP contribution in [0, 0.1) is 12.7 Å². The SMILES string of the molecule is Cc1ccc(-c2cscc2-c2ccc(S(C)(=O)=O)c(F)c2)cc1C(F)(F)F. The Labute approximate surface area is 158 Å². The molecule has 8 heteroatoms. The first-order chi connectivity index (χ1) is 12.5. The molecular formula is C19H14F4O2S2. The number of rotatable bonds is 3. The smallest absolute Gasteiger partial charge is 0.224 e. The van der Waals surface area contributed by atoms with E-state index in [1.807, 2.05) is 0 Å². The van der Waals surface area contributed by atoms with Crippen molar-refractivity contribution in [2.24, 2.45) is 0 Å². The summed E-state index contributed by atoms with van der Waals surface area (Å²) in [4.78, 5) is -0.419. The normalized spacial score (nSPS) is 12.4. The van der Waals surface area contributed by atoms with Gasteiger partial charge in [-0.15, -0.1) is 0 Å². The third-order valence-electron chi connectivity index (χ3n) is 4.16. The third kappa shape index (κ3) is 3.91. The van der Waals surface area contributed by atoms with Crippen molar-refractivity contribution < 1.29 is 26.0 Å². The summed E-state index contributed by atoms with van der Waals surface area (Å²) in [5.41, 5.74) is 1.21. The lowest BCUT2D eigenvalue weighted by Crippen LogP contribution is -2.07. The quantitative estimate of drug-likeness (QED) is 0.496. The Bertz CT molecular complexity index is 1110. The van der Waals surface area contributed by atoms with Gasteiger partial charge in [-0.05, 0) is 52.6 Å². The van der Waals surface area contributed by atoms with Crippen LogP contribution in [0.15, 0.2) is 52.1 Å². The average molecular weight is 414 g/mol. The van der Waals surface area contributed by atoms with Gasteiger partial charge in [0.2, 0.25) is 0 Å². The zero-order valence-corrected chi connectivity index (χ0v) is 15.9. The fourth-order valence-electron chi connectivity index (χ4n) is 2.81. The van der Waals surface area contributed by atoms with E-state index in [2.05, 4.69) is 0 Å². The second-order valence-corrected chi connectivity index (χ2v) is 8.87. The van der Waals surface area contributed by atoms with Crippen LogP contribution in [0.3, 0.4) is 0 Å². The molecule has 0 radical (unpaired) electrons. The molecule has 0 amide bonds. The molecule has 0 atom stereocenters. The molecule has 0 aliphatic carbocycles. The van der Waals surface area contributed by atoms with Crippen molar-refractivity contribution in [2.75, 3.05) is 6.26 Å². The standard InChI is InChI=1S/C19H14F4O2S2/c1-11-3-4-12(7-16(11)19(21,22)23)14-9-26-10-15(14)13-5-6-18(17(20)8-13)27(2,24)25/h3-10H,1-2H3. The minimum absolute atomic E-state index is 0.117. The molecule has 0 fully saturated rings. The molecular weight excluding hydrogens is 400 g/mol. The predicted octanol–water partition coefficient (Wildman–Crippen LogP) is 5.95. The van der Waals surface area contributed by atoms with E-state index in [9.17, 15) is 26.0 Å². The average Bonchev–Trinajstić information content (AvgIpc) is 3.02. The zero-order valence-electron chi connectivity index (χ0n) is 14.3. The van der Waals surface area contributed by atoms with Crippen molar-refractivity contribution in [3.8, 4) is 22.3 Å². The van der Waals surface area contributed by atoms with Crippen molar-refractivity contribution in [3.05, 3.63) is 64.1 Å². The number of halogens is 4. The van der Waals surface area contributed by atoms with E-state index in [4.69, 9.17) is 0 Å². The molecule has 2 aromatic carbocycles. The van der Waals surface area contributed by atoms with E-state index >= 15 is 0 Å². The molecule has 3 aromatic rings. The highest BCUT2D eigenvalue weighted by atomic mass is 32.2. The highest BCUT2D eigenvalue weighted by molar-refractivity contribution is 7.90. The largest absolute Gasteiger partial charge is 0.416 e. The minimum Gasteiger partial charge on any atom is -0.224 e. The molecule has 0 saturated heterocycles. The fraction of sp³-hybridized carbons (Fsp3) is 0.158. The second kappa shape index (κ2) is 6.76. The van der Waals surface area contributed by atoms with Gasteiger partial charge < -0.3 is 0 Å². The third-order valence-corrected chi connectivity index (χ3v) is 6.03. The van der Waals surface area contributed by atoms with Gasteiger partial charge in [-0.3, -0.25) is 0 Å². The molecule has 0 aliphatic heterocycles. The maximum atomic E-state index is 14.2. The Morgan fingerprint density at radius 3 is 2.00 bits per heavy atom. The molecule has 1 heterocycles. The summed E-state index contributed by atoms with van der Waals surface area (Å²) in [5.74, 6) is -0.896. The highest BCUT2D eigenvalue weighted by Crippen LogP contribution is 2.39. The topological polar surface area (TPSA) is 34.1 Å². The summed E-state index contributed by atoms with van der Waals surface area (Å²) in [6.07, 6.45) is -3.56. The number of alkyl halides is 3. The van der Waals surface area contributed by atoms with Crippen molar-refractivity contribution >= 4 is 21.2 Å². The molecule has 3 rings (SSSR count). The van der Waals surface area contributed by atoms with E-state index in [1.54, 1.807) is 16.8 Å². The predicted molar refractivity (Wildman–Crippen MR) is 98.0 cm³/mol. The number of benzene rings is 2. The molecule has 0 spiro atoms. The number of sulfone groups is 1. The van der Waals surface area contributed by atoms with Gasteiger partial charge in [0.1, 0.15) is 10.7 Å². The van der Waals surface area contributed by atoms with E-state index in [-0.39, 0.29) is 5.56 Å². The highest BCUT2D eigenvalue weighted by Gasteiger charge is 2.32. The zero-order chi connectivity index (χ0) is 20.0. The van der Waals surface area contributed by atoms with Crippen LogP contribution in [0.25, 0.3) is 22.3 Å². The van der Waals surface area contributed by atoms with Gasteiger partial charge >= 0.3 is 6.18 Å². The molecule has 1 aromatic heterocycles. The Morgan fingerprint density at radius 2 is 1.48 bits per heavy atom. The monoisotopic (exact) mass is 414 g/mol. The molecule has 0 aliphatic rings. The number of hydrogen-bond donors (Lipinski definition) is 0. The Morgan fingerprint density at radius 1 is 0.926 bits per heavy atom. The van der Waals surface area contributed by atoms with Gasteiger partial charge in [0.25, 0.3) is 0 Å². The Kier molecular flexibility index (Phi) is 4.90.